The molecular weight excluding hydrogens is 409 g/mol. The molecule has 1 aromatic heterocycles. The van der Waals surface area contributed by atoms with Crippen LogP contribution in [0.3, 0.4) is 0 Å². The molecule has 3 aromatic rings. The van der Waals surface area contributed by atoms with E-state index in [0.29, 0.717) is 23.7 Å². The Morgan fingerprint density at radius 1 is 1.03 bits per heavy atom. The summed E-state index contributed by atoms with van der Waals surface area (Å²) < 4.78 is 18.8. The number of rotatable bonds is 8. The van der Waals surface area contributed by atoms with Crippen molar-refractivity contribution in [2.45, 2.75) is 6.42 Å². The maximum atomic E-state index is 13.2. The third kappa shape index (κ3) is 6.28. The molecule has 0 aliphatic heterocycles. The van der Waals surface area contributed by atoms with Crippen LogP contribution in [0.25, 0.3) is 0 Å². The minimum Gasteiger partial charge on any atom is -0.438 e. The fraction of sp³-hybridized carbons (Fsp3) is 0.136. The number of hydrogen-bond donors (Lipinski definition) is 2. The Kier molecular flexibility index (Phi) is 7.34. The van der Waals surface area contributed by atoms with Crippen LogP contribution in [-0.2, 0) is 11.2 Å². The molecule has 0 fully saturated rings. The summed E-state index contributed by atoms with van der Waals surface area (Å²) in [6.45, 7) is 0.118. The first-order chi connectivity index (χ1) is 14.5. The molecule has 2 N–H and O–H groups in total. The lowest BCUT2D eigenvalue weighted by atomic mass is 10.1. The molecule has 1 heterocycles. The van der Waals surface area contributed by atoms with Crippen molar-refractivity contribution < 1.29 is 18.7 Å². The van der Waals surface area contributed by atoms with Crippen LogP contribution in [0.1, 0.15) is 15.9 Å². The van der Waals surface area contributed by atoms with E-state index < -0.39 is 5.91 Å². The van der Waals surface area contributed by atoms with E-state index in [2.05, 4.69) is 15.6 Å². The van der Waals surface area contributed by atoms with Gasteiger partial charge in [-0.2, -0.15) is 0 Å². The smallest absolute Gasteiger partial charge is 0.257 e. The van der Waals surface area contributed by atoms with Gasteiger partial charge in [0, 0.05) is 17.8 Å². The summed E-state index contributed by atoms with van der Waals surface area (Å²) in [6.07, 6.45) is 1.99. The van der Waals surface area contributed by atoms with Crippen molar-refractivity contribution in [2.24, 2.45) is 0 Å². The number of pyridine rings is 1. The zero-order valence-electron chi connectivity index (χ0n) is 15.9. The van der Waals surface area contributed by atoms with Crippen LogP contribution in [-0.4, -0.2) is 29.9 Å². The average Bonchev–Trinajstić information content (AvgIpc) is 2.74. The number of ether oxygens (including phenoxy) is 1. The quantitative estimate of drug-likeness (QED) is 0.573. The maximum Gasteiger partial charge on any atom is 0.257 e. The lowest BCUT2D eigenvalue weighted by molar-refractivity contribution is -0.120. The predicted octanol–water partition coefficient (Wildman–Crippen LogP) is 3.76. The summed E-state index contributed by atoms with van der Waals surface area (Å²) in [5, 5.41) is 5.78. The van der Waals surface area contributed by atoms with Crippen molar-refractivity contribution in [1.29, 1.82) is 0 Å². The van der Waals surface area contributed by atoms with Gasteiger partial charge >= 0.3 is 0 Å². The van der Waals surface area contributed by atoms with Gasteiger partial charge in [-0.25, -0.2) is 9.37 Å². The molecule has 154 valence electrons. The first-order valence-corrected chi connectivity index (χ1v) is 9.57. The van der Waals surface area contributed by atoms with E-state index in [0.717, 1.165) is 5.56 Å². The monoisotopic (exact) mass is 427 g/mol. The topological polar surface area (TPSA) is 80.3 Å². The molecule has 6 nitrogen and oxygen atoms in total. The Morgan fingerprint density at radius 3 is 2.60 bits per heavy atom. The number of halogens is 2. The van der Waals surface area contributed by atoms with Gasteiger partial charge in [-0.3, -0.25) is 9.59 Å². The Hall–Kier alpha value is -3.45. The van der Waals surface area contributed by atoms with E-state index in [1.54, 1.807) is 48.5 Å². The van der Waals surface area contributed by atoms with Gasteiger partial charge in [0.1, 0.15) is 17.1 Å². The summed E-state index contributed by atoms with van der Waals surface area (Å²) in [5.41, 5.74) is 0.971. The average molecular weight is 428 g/mol. The van der Waals surface area contributed by atoms with Crippen LogP contribution in [0.4, 0.5) is 4.39 Å². The number of carbonyl (C=O) groups is 2. The molecule has 0 atom stereocenters. The van der Waals surface area contributed by atoms with Gasteiger partial charge in [0.25, 0.3) is 5.91 Å². The first kappa shape index (κ1) is 21.3. The number of benzene rings is 2. The molecule has 0 radical (unpaired) electrons. The molecule has 0 aliphatic rings. The van der Waals surface area contributed by atoms with E-state index in [1.807, 2.05) is 0 Å². The van der Waals surface area contributed by atoms with Gasteiger partial charge in [0.15, 0.2) is 0 Å². The summed E-state index contributed by atoms with van der Waals surface area (Å²) >= 11 is 5.86. The van der Waals surface area contributed by atoms with Crippen LogP contribution in [0, 0.1) is 5.82 Å². The molecule has 0 saturated carbocycles. The van der Waals surface area contributed by atoms with Crippen molar-refractivity contribution in [3.8, 4) is 11.6 Å². The second-order valence-electron chi connectivity index (χ2n) is 6.32. The van der Waals surface area contributed by atoms with E-state index in [4.69, 9.17) is 16.3 Å². The van der Waals surface area contributed by atoms with Crippen LogP contribution in [0.15, 0.2) is 66.9 Å². The van der Waals surface area contributed by atoms with Gasteiger partial charge in [-0.1, -0.05) is 23.7 Å². The van der Waals surface area contributed by atoms with Crippen LogP contribution < -0.4 is 15.4 Å². The summed E-state index contributed by atoms with van der Waals surface area (Å²) in [7, 11) is 0. The van der Waals surface area contributed by atoms with Gasteiger partial charge in [-0.15, -0.1) is 0 Å². The molecule has 0 unspecified atom stereocenters. The highest BCUT2D eigenvalue weighted by Crippen LogP contribution is 2.24. The molecule has 0 bridgehead atoms. The standard InChI is InChI=1S/C22H19ClFN3O3/c23-16-6-8-18(9-7-16)30-22-19(5-2-11-26-22)21(29)27-14-20(28)25-12-10-15-3-1-4-17(24)13-15/h1-9,11,13H,10,12,14H2,(H,25,28)(H,27,29). The lowest BCUT2D eigenvalue weighted by Crippen LogP contribution is -2.37. The van der Waals surface area contributed by atoms with E-state index in [-0.39, 0.29) is 29.7 Å². The predicted molar refractivity (Wildman–Crippen MR) is 111 cm³/mol. The molecular formula is C22H19ClFN3O3. The van der Waals surface area contributed by atoms with E-state index in [9.17, 15) is 14.0 Å². The Bertz CT molecular complexity index is 1030. The zero-order valence-corrected chi connectivity index (χ0v) is 16.7. The number of carbonyl (C=O) groups excluding carboxylic acids is 2. The molecule has 30 heavy (non-hydrogen) atoms. The normalized spacial score (nSPS) is 10.3. The van der Waals surface area contributed by atoms with Crippen molar-refractivity contribution in [2.75, 3.05) is 13.1 Å². The maximum absolute atomic E-state index is 13.2. The Labute approximate surface area is 178 Å². The minimum atomic E-state index is -0.493. The molecule has 2 aromatic carbocycles. The van der Waals surface area contributed by atoms with Crippen LogP contribution in [0.5, 0.6) is 11.6 Å². The largest absolute Gasteiger partial charge is 0.438 e. The second kappa shape index (κ2) is 10.4. The van der Waals surface area contributed by atoms with Crippen molar-refractivity contribution >= 4 is 23.4 Å². The molecule has 0 aliphatic carbocycles. The highest BCUT2D eigenvalue weighted by molar-refractivity contribution is 6.30. The van der Waals surface area contributed by atoms with Crippen LogP contribution >= 0.6 is 11.6 Å². The second-order valence-corrected chi connectivity index (χ2v) is 6.76. The number of amides is 2. The molecule has 0 spiro atoms. The lowest BCUT2D eigenvalue weighted by Gasteiger charge is -2.11. The molecule has 2 amide bonds. The molecule has 0 saturated heterocycles. The summed E-state index contributed by atoms with van der Waals surface area (Å²) in [6, 6.07) is 16.0. The minimum absolute atomic E-state index is 0.115. The number of nitrogens with zero attached hydrogens (tertiary/aromatic N) is 1. The van der Waals surface area contributed by atoms with Crippen molar-refractivity contribution in [3.63, 3.8) is 0 Å². The third-order valence-electron chi connectivity index (χ3n) is 4.08. The van der Waals surface area contributed by atoms with Crippen LogP contribution in [0.2, 0.25) is 5.02 Å². The highest BCUT2D eigenvalue weighted by Gasteiger charge is 2.15. The van der Waals surface area contributed by atoms with E-state index >= 15 is 0 Å². The highest BCUT2D eigenvalue weighted by atomic mass is 35.5. The van der Waals surface area contributed by atoms with Gasteiger partial charge in [-0.05, 0) is 60.5 Å². The molecule has 3 rings (SSSR count). The number of aromatic nitrogens is 1. The van der Waals surface area contributed by atoms with Gasteiger partial charge < -0.3 is 15.4 Å². The van der Waals surface area contributed by atoms with Crippen molar-refractivity contribution in [1.82, 2.24) is 15.6 Å². The Morgan fingerprint density at radius 2 is 1.83 bits per heavy atom. The number of hydrogen-bond acceptors (Lipinski definition) is 4. The fourth-order valence-corrected chi connectivity index (χ4v) is 2.74. The first-order valence-electron chi connectivity index (χ1n) is 9.19. The fourth-order valence-electron chi connectivity index (χ4n) is 2.62. The van der Waals surface area contributed by atoms with E-state index in [1.165, 1.54) is 18.3 Å². The number of nitrogens with one attached hydrogen (secondary N) is 2. The third-order valence-corrected chi connectivity index (χ3v) is 4.33. The zero-order chi connectivity index (χ0) is 21.3. The summed E-state index contributed by atoms with van der Waals surface area (Å²) in [4.78, 5) is 28.5. The SMILES string of the molecule is O=C(CNC(=O)c1cccnc1Oc1ccc(Cl)cc1)NCCc1cccc(F)c1. The summed E-state index contributed by atoms with van der Waals surface area (Å²) in [5.74, 6) is -0.582. The molecule has 8 heteroatoms. The van der Waals surface area contributed by atoms with Gasteiger partial charge in [0.2, 0.25) is 11.8 Å². The Balaban J connectivity index is 1.50. The van der Waals surface area contributed by atoms with Crippen molar-refractivity contribution in [3.05, 3.63) is 88.8 Å². The van der Waals surface area contributed by atoms with Gasteiger partial charge in [0.05, 0.1) is 6.54 Å².